The molecule has 38 heavy (non-hydrogen) atoms. The lowest BCUT2D eigenvalue weighted by Gasteiger charge is -2.13. The lowest BCUT2D eigenvalue weighted by Crippen LogP contribution is -2.32. The van der Waals surface area contributed by atoms with Gasteiger partial charge >= 0.3 is 11.8 Å². The lowest BCUT2D eigenvalue weighted by atomic mass is 10.1. The highest BCUT2D eigenvalue weighted by Crippen LogP contribution is 2.28. The number of anilines is 2. The molecule has 0 aliphatic carbocycles. The monoisotopic (exact) mass is 536 g/mol. The maximum atomic E-state index is 12.3. The summed E-state index contributed by atoms with van der Waals surface area (Å²) in [7, 11) is 0. The Balaban J connectivity index is 1.57. The molecule has 3 amide bonds. The van der Waals surface area contributed by atoms with Gasteiger partial charge in [0.05, 0.1) is 12.8 Å². The van der Waals surface area contributed by atoms with Crippen molar-refractivity contribution in [2.75, 3.05) is 23.8 Å². The number of carbonyl (C=O) groups excluding carboxylic acids is 3. The Bertz CT molecular complexity index is 1340. The Kier molecular flexibility index (Phi) is 10.2. The van der Waals surface area contributed by atoms with Gasteiger partial charge in [-0.25, -0.2) is 5.43 Å². The fraction of sp³-hybridized carbons (Fsp3) is 0.214. The van der Waals surface area contributed by atoms with Crippen molar-refractivity contribution < 1.29 is 23.9 Å². The number of nitrogens with zero attached hydrogens (tertiary/aromatic N) is 1. The molecule has 3 N–H and O–H groups in total. The van der Waals surface area contributed by atoms with Crippen molar-refractivity contribution in [1.29, 1.82) is 0 Å². The molecule has 0 unspecified atom stereocenters. The number of hydrogen-bond acceptors (Lipinski definition) is 6. The zero-order chi connectivity index (χ0) is 27.5. The van der Waals surface area contributed by atoms with Crippen LogP contribution in [0.3, 0.4) is 0 Å². The highest BCUT2D eigenvalue weighted by atomic mass is 35.5. The van der Waals surface area contributed by atoms with Crippen molar-refractivity contribution in [2.24, 2.45) is 5.10 Å². The zero-order valence-corrected chi connectivity index (χ0v) is 22.1. The van der Waals surface area contributed by atoms with Gasteiger partial charge in [0.1, 0.15) is 0 Å². The van der Waals surface area contributed by atoms with Crippen LogP contribution in [0.2, 0.25) is 5.02 Å². The molecule has 3 aromatic rings. The van der Waals surface area contributed by atoms with Gasteiger partial charge in [0, 0.05) is 16.4 Å². The highest BCUT2D eigenvalue weighted by Gasteiger charge is 2.14. The SMILES string of the molecule is CCOc1cc(/C=N\NC(=O)C(=O)Nc2ccccc2CC)ccc1OCC(=O)Nc1ccc(C)c(Cl)c1. The largest absolute Gasteiger partial charge is 0.490 e. The van der Waals surface area contributed by atoms with E-state index in [1.165, 1.54) is 6.21 Å². The molecule has 0 radical (unpaired) electrons. The fourth-order valence-corrected chi connectivity index (χ4v) is 3.53. The van der Waals surface area contributed by atoms with E-state index in [9.17, 15) is 14.4 Å². The first-order valence-corrected chi connectivity index (χ1v) is 12.4. The van der Waals surface area contributed by atoms with Crippen LogP contribution < -0.4 is 25.5 Å². The summed E-state index contributed by atoms with van der Waals surface area (Å²) in [6.07, 6.45) is 2.08. The Morgan fingerprint density at radius 2 is 1.71 bits per heavy atom. The van der Waals surface area contributed by atoms with E-state index >= 15 is 0 Å². The number of amides is 3. The first-order chi connectivity index (χ1) is 18.3. The molecule has 0 aliphatic rings. The Hall–Kier alpha value is -4.37. The number of benzene rings is 3. The van der Waals surface area contributed by atoms with Gasteiger partial charge < -0.3 is 20.1 Å². The maximum absolute atomic E-state index is 12.3. The third kappa shape index (κ3) is 8.07. The maximum Gasteiger partial charge on any atom is 0.329 e. The van der Waals surface area contributed by atoms with E-state index in [4.69, 9.17) is 21.1 Å². The van der Waals surface area contributed by atoms with Crippen LogP contribution in [0.4, 0.5) is 11.4 Å². The van der Waals surface area contributed by atoms with Gasteiger partial charge in [0.15, 0.2) is 18.1 Å². The molecule has 9 nitrogen and oxygen atoms in total. The summed E-state index contributed by atoms with van der Waals surface area (Å²) in [5.74, 6) is -1.34. The minimum Gasteiger partial charge on any atom is -0.490 e. The van der Waals surface area contributed by atoms with Crippen LogP contribution in [0.25, 0.3) is 0 Å². The summed E-state index contributed by atoms with van der Waals surface area (Å²) in [4.78, 5) is 36.7. The van der Waals surface area contributed by atoms with Crippen LogP contribution in [0, 0.1) is 6.92 Å². The summed E-state index contributed by atoms with van der Waals surface area (Å²) >= 11 is 6.10. The second kappa shape index (κ2) is 13.8. The molecule has 3 rings (SSSR count). The molecule has 0 saturated heterocycles. The number of ether oxygens (including phenoxy) is 2. The van der Waals surface area contributed by atoms with E-state index in [-0.39, 0.29) is 12.5 Å². The van der Waals surface area contributed by atoms with Crippen molar-refractivity contribution >= 4 is 46.9 Å². The third-order valence-corrected chi connectivity index (χ3v) is 5.72. The van der Waals surface area contributed by atoms with E-state index in [0.29, 0.717) is 46.5 Å². The van der Waals surface area contributed by atoms with Gasteiger partial charge in [0.2, 0.25) is 0 Å². The predicted octanol–water partition coefficient (Wildman–Crippen LogP) is 4.72. The summed E-state index contributed by atoms with van der Waals surface area (Å²) in [6, 6.07) is 17.4. The molecule has 3 aromatic carbocycles. The van der Waals surface area contributed by atoms with Crippen LogP contribution >= 0.6 is 11.6 Å². The summed E-state index contributed by atoms with van der Waals surface area (Å²) < 4.78 is 11.3. The molecule has 198 valence electrons. The summed E-state index contributed by atoms with van der Waals surface area (Å²) in [6.45, 7) is 5.76. The normalized spacial score (nSPS) is 10.6. The minimum atomic E-state index is -0.905. The predicted molar refractivity (Wildman–Crippen MR) is 148 cm³/mol. The lowest BCUT2D eigenvalue weighted by molar-refractivity contribution is -0.136. The molecule has 10 heteroatoms. The molecule has 0 aliphatic heterocycles. The van der Waals surface area contributed by atoms with Gasteiger partial charge in [-0.1, -0.05) is 42.8 Å². The molecule has 0 atom stereocenters. The fourth-order valence-electron chi connectivity index (χ4n) is 3.35. The second-order valence-corrected chi connectivity index (χ2v) is 8.51. The molecule has 0 bridgehead atoms. The Morgan fingerprint density at radius 1 is 0.921 bits per heavy atom. The number of nitrogens with one attached hydrogen (secondary N) is 3. The molecular weight excluding hydrogens is 508 g/mol. The van der Waals surface area contributed by atoms with E-state index in [0.717, 1.165) is 11.1 Å². The van der Waals surface area contributed by atoms with Crippen molar-refractivity contribution in [3.8, 4) is 11.5 Å². The van der Waals surface area contributed by atoms with Crippen molar-refractivity contribution in [1.82, 2.24) is 5.43 Å². The van der Waals surface area contributed by atoms with Crippen LogP contribution in [0.5, 0.6) is 11.5 Å². The zero-order valence-electron chi connectivity index (χ0n) is 21.3. The first kappa shape index (κ1) is 28.2. The molecule has 0 spiro atoms. The van der Waals surface area contributed by atoms with Crippen LogP contribution in [-0.4, -0.2) is 37.1 Å². The number of halogens is 1. The quantitative estimate of drug-likeness (QED) is 0.197. The number of hydrogen-bond donors (Lipinski definition) is 3. The van der Waals surface area contributed by atoms with Gasteiger partial charge in [0.25, 0.3) is 5.91 Å². The Labute approximate surface area is 226 Å². The van der Waals surface area contributed by atoms with Crippen molar-refractivity contribution in [3.63, 3.8) is 0 Å². The molecule has 0 saturated carbocycles. The van der Waals surface area contributed by atoms with E-state index in [1.54, 1.807) is 42.5 Å². The minimum absolute atomic E-state index is 0.245. The van der Waals surface area contributed by atoms with Crippen LogP contribution in [0.15, 0.2) is 65.8 Å². The molecule has 0 fully saturated rings. The van der Waals surface area contributed by atoms with Crippen molar-refractivity contribution in [3.05, 3.63) is 82.4 Å². The van der Waals surface area contributed by atoms with Crippen LogP contribution in [-0.2, 0) is 20.8 Å². The standard InChI is InChI=1S/C28H29ClN4O5/c1-4-20-8-6-7-9-23(20)32-27(35)28(36)33-30-16-19-11-13-24(25(14-19)37-5-2)38-17-26(34)31-21-12-10-18(3)22(29)15-21/h6-16H,4-5,17H2,1-3H3,(H,31,34)(H,32,35)(H,33,36)/b30-16-. The molecular formula is C28H29ClN4O5. The average Bonchev–Trinajstić information content (AvgIpc) is 2.90. The number of rotatable bonds is 10. The number of hydrazone groups is 1. The molecule has 0 heterocycles. The van der Waals surface area contributed by atoms with E-state index < -0.39 is 11.8 Å². The second-order valence-electron chi connectivity index (χ2n) is 8.10. The number of carbonyl (C=O) groups is 3. The smallest absolute Gasteiger partial charge is 0.329 e. The van der Waals surface area contributed by atoms with Gasteiger partial charge in [-0.3, -0.25) is 14.4 Å². The Morgan fingerprint density at radius 3 is 2.45 bits per heavy atom. The topological polar surface area (TPSA) is 118 Å². The van der Waals surface area contributed by atoms with Gasteiger partial charge in [-0.2, -0.15) is 5.10 Å². The van der Waals surface area contributed by atoms with Crippen LogP contribution in [0.1, 0.15) is 30.5 Å². The average molecular weight is 537 g/mol. The first-order valence-electron chi connectivity index (χ1n) is 12.0. The number of aryl methyl sites for hydroxylation is 2. The van der Waals surface area contributed by atoms with Gasteiger partial charge in [-0.05, 0) is 73.4 Å². The van der Waals surface area contributed by atoms with Crippen molar-refractivity contribution in [2.45, 2.75) is 27.2 Å². The number of para-hydroxylation sites is 1. The third-order valence-electron chi connectivity index (χ3n) is 5.31. The van der Waals surface area contributed by atoms with Gasteiger partial charge in [-0.15, -0.1) is 0 Å². The molecule has 0 aromatic heterocycles. The summed E-state index contributed by atoms with van der Waals surface area (Å²) in [5, 5.41) is 9.72. The highest BCUT2D eigenvalue weighted by molar-refractivity contribution is 6.39. The summed E-state index contributed by atoms with van der Waals surface area (Å²) in [5.41, 5.74) is 5.76. The van der Waals surface area contributed by atoms with E-state index in [1.807, 2.05) is 39.0 Å². The van der Waals surface area contributed by atoms with E-state index in [2.05, 4.69) is 21.2 Å².